The number of benzene rings is 1. The average molecular weight is 366 g/mol. The summed E-state index contributed by atoms with van der Waals surface area (Å²) in [6, 6.07) is 11.6. The maximum atomic E-state index is 12.0. The molecule has 5 nitrogen and oxygen atoms in total. The van der Waals surface area contributed by atoms with Crippen LogP contribution in [0.5, 0.6) is 0 Å². The number of nitrogens with zero attached hydrogens (tertiary/aromatic N) is 2. The minimum Gasteiger partial charge on any atom is -0.399 e. The number of amides is 1. The van der Waals surface area contributed by atoms with Crippen LogP contribution < -0.4 is 11.1 Å². The number of nitrogens with two attached hydrogens (primary N) is 1. The molecule has 1 aromatic carbocycles. The number of anilines is 1. The van der Waals surface area contributed by atoms with Gasteiger partial charge in [0.2, 0.25) is 5.91 Å². The summed E-state index contributed by atoms with van der Waals surface area (Å²) < 4.78 is 0. The Hall–Kier alpha value is -2.73. The fraction of sp³-hybridized carbons (Fsp3) is 0.250. The number of pyridine rings is 1. The van der Waals surface area contributed by atoms with Crippen LogP contribution in [0.3, 0.4) is 0 Å². The van der Waals surface area contributed by atoms with E-state index in [1.165, 1.54) is 0 Å². The molecule has 0 unspecified atom stereocenters. The molecule has 0 saturated carbocycles. The van der Waals surface area contributed by atoms with E-state index in [2.05, 4.69) is 20.7 Å². The normalized spacial score (nSPS) is 10.6. The Bertz CT molecular complexity index is 848. The molecule has 0 bridgehead atoms. The number of aryl methyl sites for hydroxylation is 2. The van der Waals surface area contributed by atoms with E-state index in [0.717, 1.165) is 40.4 Å². The van der Waals surface area contributed by atoms with Gasteiger partial charge in [0.1, 0.15) is 0 Å². The quantitative estimate of drug-likeness (QED) is 0.472. The maximum absolute atomic E-state index is 12.0. The Balaban J connectivity index is 1.37. The molecular formula is C20H22N4OS. The molecule has 3 aromatic rings. The van der Waals surface area contributed by atoms with Crippen molar-refractivity contribution >= 4 is 22.9 Å². The highest BCUT2D eigenvalue weighted by molar-refractivity contribution is 7.09. The van der Waals surface area contributed by atoms with Gasteiger partial charge in [-0.15, -0.1) is 11.3 Å². The average Bonchev–Trinajstić information content (AvgIpc) is 3.14. The summed E-state index contributed by atoms with van der Waals surface area (Å²) in [6.07, 6.45) is 6.40. The van der Waals surface area contributed by atoms with Gasteiger partial charge in [-0.25, -0.2) is 4.98 Å². The largest absolute Gasteiger partial charge is 0.399 e. The van der Waals surface area contributed by atoms with Crippen LogP contribution in [0, 0.1) is 0 Å². The van der Waals surface area contributed by atoms with E-state index >= 15 is 0 Å². The highest BCUT2D eigenvalue weighted by Gasteiger charge is 2.06. The zero-order valence-electron chi connectivity index (χ0n) is 14.5. The van der Waals surface area contributed by atoms with Gasteiger partial charge >= 0.3 is 0 Å². The van der Waals surface area contributed by atoms with Crippen molar-refractivity contribution < 1.29 is 4.79 Å². The number of aromatic nitrogens is 2. The predicted octanol–water partition coefficient (Wildman–Crippen LogP) is 3.47. The number of nitrogen functional groups attached to an aromatic ring is 1. The molecule has 0 radical (unpaired) electrons. The van der Waals surface area contributed by atoms with Crippen LogP contribution in [0.4, 0.5) is 5.69 Å². The number of carbonyl (C=O) groups excluding carboxylic acids is 1. The molecule has 0 aliphatic carbocycles. The molecule has 0 aliphatic heterocycles. The molecule has 3 rings (SSSR count). The van der Waals surface area contributed by atoms with Gasteiger partial charge in [0.15, 0.2) is 0 Å². The van der Waals surface area contributed by atoms with E-state index < -0.39 is 0 Å². The standard InChI is InChI=1S/C20H22N4OS/c21-17-5-2-1-4-15(17)7-8-19(25)23-11-3-6-20-24-18(14-26-20)16-9-12-22-13-10-16/h1-2,4-5,9-10,12-14H,3,6-8,11,21H2,(H,23,25). The van der Waals surface area contributed by atoms with Crippen LogP contribution in [0.25, 0.3) is 11.3 Å². The van der Waals surface area contributed by atoms with Crippen LogP contribution >= 0.6 is 11.3 Å². The Morgan fingerprint density at radius 2 is 1.92 bits per heavy atom. The van der Waals surface area contributed by atoms with E-state index in [9.17, 15) is 4.79 Å². The second kappa shape index (κ2) is 9.10. The zero-order chi connectivity index (χ0) is 18.2. The summed E-state index contributed by atoms with van der Waals surface area (Å²) in [5.41, 5.74) is 9.73. The van der Waals surface area contributed by atoms with Gasteiger partial charge in [0.05, 0.1) is 10.7 Å². The van der Waals surface area contributed by atoms with Gasteiger partial charge in [0, 0.05) is 48.4 Å². The Kier molecular flexibility index (Phi) is 6.33. The molecule has 2 heterocycles. The van der Waals surface area contributed by atoms with Crippen molar-refractivity contribution in [1.29, 1.82) is 0 Å². The number of hydrogen-bond acceptors (Lipinski definition) is 5. The van der Waals surface area contributed by atoms with Crippen LogP contribution in [0.1, 0.15) is 23.4 Å². The lowest BCUT2D eigenvalue weighted by molar-refractivity contribution is -0.121. The first kappa shape index (κ1) is 18.1. The van der Waals surface area contributed by atoms with Crippen molar-refractivity contribution in [2.45, 2.75) is 25.7 Å². The van der Waals surface area contributed by atoms with Crippen molar-refractivity contribution in [2.24, 2.45) is 0 Å². The van der Waals surface area contributed by atoms with Crippen molar-refractivity contribution in [1.82, 2.24) is 15.3 Å². The monoisotopic (exact) mass is 366 g/mol. The number of thiazole rings is 1. The van der Waals surface area contributed by atoms with E-state index in [1.807, 2.05) is 36.4 Å². The van der Waals surface area contributed by atoms with Crippen LogP contribution in [-0.4, -0.2) is 22.4 Å². The number of para-hydroxylation sites is 1. The van der Waals surface area contributed by atoms with Crippen molar-refractivity contribution in [3.63, 3.8) is 0 Å². The first-order valence-electron chi connectivity index (χ1n) is 8.67. The number of carbonyl (C=O) groups is 1. The number of hydrogen-bond donors (Lipinski definition) is 2. The van der Waals surface area contributed by atoms with E-state index in [0.29, 0.717) is 19.4 Å². The molecule has 134 valence electrons. The van der Waals surface area contributed by atoms with E-state index in [1.54, 1.807) is 23.7 Å². The lowest BCUT2D eigenvalue weighted by atomic mass is 10.1. The summed E-state index contributed by atoms with van der Waals surface area (Å²) >= 11 is 1.65. The van der Waals surface area contributed by atoms with Crippen LogP contribution in [0.15, 0.2) is 54.2 Å². The highest BCUT2D eigenvalue weighted by atomic mass is 32.1. The molecule has 26 heavy (non-hydrogen) atoms. The third-order valence-electron chi connectivity index (χ3n) is 4.09. The molecule has 0 saturated heterocycles. The van der Waals surface area contributed by atoms with E-state index in [-0.39, 0.29) is 5.91 Å². The number of rotatable bonds is 8. The van der Waals surface area contributed by atoms with Crippen molar-refractivity contribution in [2.75, 3.05) is 12.3 Å². The van der Waals surface area contributed by atoms with Gasteiger partial charge in [-0.1, -0.05) is 18.2 Å². The number of nitrogens with one attached hydrogen (secondary N) is 1. The fourth-order valence-electron chi connectivity index (χ4n) is 2.65. The van der Waals surface area contributed by atoms with Gasteiger partial charge in [-0.3, -0.25) is 9.78 Å². The topological polar surface area (TPSA) is 80.9 Å². The Labute approximate surface area is 157 Å². The summed E-state index contributed by atoms with van der Waals surface area (Å²) in [4.78, 5) is 20.6. The second-order valence-electron chi connectivity index (χ2n) is 6.01. The van der Waals surface area contributed by atoms with E-state index in [4.69, 9.17) is 5.73 Å². The molecular weight excluding hydrogens is 344 g/mol. The van der Waals surface area contributed by atoms with Gasteiger partial charge in [-0.05, 0) is 36.6 Å². The molecule has 3 N–H and O–H groups in total. The molecule has 0 fully saturated rings. The SMILES string of the molecule is Nc1ccccc1CCC(=O)NCCCc1nc(-c2ccncc2)cs1. The summed E-state index contributed by atoms with van der Waals surface area (Å²) in [6.45, 7) is 0.660. The Morgan fingerprint density at radius 3 is 2.73 bits per heavy atom. The summed E-state index contributed by atoms with van der Waals surface area (Å²) in [5, 5.41) is 6.12. The fourth-order valence-corrected chi connectivity index (χ4v) is 3.50. The summed E-state index contributed by atoms with van der Waals surface area (Å²) in [7, 11) is 0. The molecule has 0 atom stereocenters. The molecule has 2 aromatic heterocycles. The van der Waals surface area contributed by atoms with Gasteiger partial charge in [-0.2, -0.15) is 0 Å². The zero-order valence-corrected chi connectivity index (χ0v) is 15.3. The maximum Gasteiger partial charge on any atom is 0.220 e. The molecule has 0 aliphatic rings. The summed E-state index contributed by atoms with van der Waals surface area (Å²) in [5.74, 6) is 0.0601. The minimum atomic E-state index is 0.0601. The third-order valence-corrected chi connectivity index (χ3v) is 5.00. The second-order valence-corrected chi connectivity index (χ2v) is 6.96. The smallest absolute Gasteiger partial charge is 0.220 e. The molecule has 6 heteroatoms. The molecule has 0 spiro atoms. The lowest BCUT2D eigenvalue weighted by Gasteiger charge is -2.06. The van der Waals surface area contributed by atoms with Crippen molar-refractivity contribution in [3.05, 3.63) is 64.7 Å². The Morgan fingerprint density at radius 1 is 1.12 bits per heavy atom. The first-order valence-corrected chi connectivity index (χ1v) is 9.55. The predicted molar refractivity (Wildman–Crippen MR) is 106 cm³/mol. The minimum absolute atomic E-state index is 0.0601. The van der Waals surface area contributed by atoms with Crippen LogP contribution in [0.2, 0.25) is 0 Å². The van der Waals surface area contributed by atoms with Gasteiger partial charge in [0.25, 0.3) is 0 Å². The lowest BCUT2D eigenvalue weighted by Crippen LogP contribution is -2.25. The first-order chi connectivity index (χ1) is 12.7. The van der Waals surface area contributed by atoms with Gasteiger partial charge < -0.3 is 11.1 Å². The van der Waals surface area contributed by atoms with Crippen LogP contribution in [-0.2, 0) is 17.6 Å². The third kappa shape index (κ3) is 5.13. The van der Waals surface area contributed by atoms with Crippen molar-refractivity contribution in [3.8, 4) is 11.3 Å². The molecule has 1 amide bonds. The highest BCUT2D eigenvalue weighted by Crippen LogP contribution is 2.21.